The van der Waals surface area contributed by atoms with Crippen LogP contribution < -0.4 is 31.9 Å². The Kier molecular flexibility index (Phi) is 13.5. The van der Waals surface area contributed by atoms with Crippen LogP contribution in [0.5, 0.6) is 0 Å². The number of amides is 6. The Balaban J connectivity index is 0.820. The summed E-state index contributed by atoms with van der Waals surface area (Å²) in [5.74, 6) is -2.61. The third-order valence-electron chi connectivity index (χ3n) is 9.77. The van der Waals surface area contributed by atoms with Crippen molar-refractivity contribution in [1.82, 2.24) is 30.4 Å². The molecule has 8 N–H and O–H groups in total. The van der Waals surface area contributed by atoms with Crippen molar-refractivity contribution in [3.8, 4) is 22.8 Å². The van der Waals surface area contributed by atoms with Gasteiger partial charge in [0.2, 0.25) is 11.8 Å². The number of nitrogens with zero attached hydrogens (tertiary/aromatic N) is 4. The summed E-state index contributed by atoms with van der Waals surface area (Å²) in [6, 6.07) is 39.5. The van der Waals surface area contributed by atoms with Gasteiger partial charge < -0.3 is 31.9 Å². The van der Waals surface area contributed by atoms with E-state index < -0.39 is 35.4 Å². The molecule has 0 atom stereocenters. The molecule has 0 spiro atoms. The Morgan fingerprint density at radius 2 is 0.941 bits per heavy atom. The summed E-state index contributed by atoms with van der Waals surface area (Å²) in [5, 5.41) is 30.4. The molecule has 0 saturated heterocycles. The summed E-state index contributed by atoms with van der Waals surface area (Å²) in [6.45, 7) is 3.42. The highest BCUT2D eigenvalue weighted by atomic mass is 16.2. The van der Waals surface area contributed by atoms with Crippen LogP contribution in [0.4, 0.5) is 34.1 Å². The summed E-state index contributed by atoms with van der Waals surface area (Å²) in [5.41, 5.74) is 6.14. The first kappa shape index (κ1) is 44.5. The molecule has 334 valence electrons. The zero-order chi connectivity index (χ0) is 47.4. The second-order valence-electron chi connectivity index (χ2n) is 14.6. The number of anilines is 6. The van der Waals surface area contributed by atoms with Crippen molar-refractivity contribution in [3.63, 3.8) is 0 Å². The minimum Gasteiger partial charge on any atom is -0.323 e. The lowest BCUT2D eigenvalue weighted by molar-refractivity contribution is -0.112. The van der Waals surface area contributed by atoms with Crippen LogP contribution in [0.2, 0.25) is 0 Å². The van der Waals surface area contributed by atoms with Crippen molar-refractivity contribution in [2.45, 2.75) is 0 Å². The maximum absolute atomic E-state index is 13.2. The van der Waals surface area contributed by atoms with E-state index in [0.29, 0.717) is 68.2 Å². The first-order chi connectivity index (χ1) is 33.0. The van der Waals surface area contributed by atoms with Crippen molar-refractivity contribution in [3.05, 3.63) is 199 Å². The number of carbonyl (C=O) groups excluding carboxylic acids is 6. The number of benzene rings is 4. The second-order valence-corrected chi connectivity index (χ2v) is 14.6. The molecule has 0 aliphatic carbocycles. The summed E-state index contributed by atoms with van der Waals surface area (Å²) >= 11 is 0. The van der Waals surface area contributed by atoms with E-state index in [1.807, 2.05) is 0 Å². The molecule has 0 unspecified atom stereocenters. The smallest absolute Gasteiger partial charge is 0.274 e. The fourth-order valence-electron chi connectivity index (χ4n) is 6.50. The van der Waals surface area contributed by atoms with E-state index >= 15 is 0 Å². The number of pyridine rings is 2. The molecule has 18 nitrogen and oxygen atoms in total. The van der Waals surface area contributed by atoms with Crippen LogP contribution in [0.1, 0.15) is 47.4 Å². The zero-order valence-corrected chi connectivity index (χ0v) is 35.6. The molecule has 4 heterocycles. The number of nitrogens with one attached hydrogen (secondary N) is 8. The van der Waals surface area contributed by atoms with E-state index in [1.165, 1.54) is 18.2 Å². The van der Waals surface area contributed by atoms with Crippen molar-refractivity contribution in [1.29, 1.82) is 0 Å². The van der Waals surface area contributed by atoms with Gasteiger partial charge in [0.25, 0.3) is 23.6 Å². The molecule has 0 fully saturated rings. The number of aromatic amines is 2. The summed E-state index contributed by atoms with van der Waals surface area (Å²) in [7, 11) is 0. The largest absolute Gasteiger partial charge is 0.323 e. The van der Waals surface area contributed by atoms with Crippen molar-refractivity contribution >= 4 is 75.6 Å². The van der Waals surface area contributed by atoms with Gasteiger partial charge in [0.1, 0.15) is 11.4 Å². The molecule has 18 heteroatoms. The molecule has 0 aliphatic rings. The number of hydrogen-bond donors (Lipinski definition) is 8. The van der Waals surface area contributed by atoms with Gasteiger partial charge in [-0.05, 0) is 127 Å². The molecule has 0 bridgehead atoms. The Labute approximate surface area is 387 Å². The number of hydrogen-bond acceptors (Lipinski definition) is 10. The summed E-state index contributed by atoms with van der Waals surface area (Å²) in [4.78, 5) is 85.7. The topological polar surface area (TPSA) is 258 Å². The molecule has 4 aromatic heterocycles. The summed E-state index contributed by atoms with van der Waals surface area (Å²) in [6.07, 6.45) is 5.51. The van der Waals surface area contributed by atoms with Crippen LogP contribution in [0, 0.1) is 0 Å². The van der Waals surface area contributed by atoms with Crippen LogP contribution in [-0.4, -0.2) is 65.8 Å². The molecule has 8 rings (SSSR count). The lowest BCUT2D eigenvalue weighted by atomic mass is 10.1. The Morgan fingerprint density at radius 1 is 0.456 bits per heavy atom. The average Bonchev–Trinajstić information content (AvgIpc) is 4.08. The lowest BCUT2D eigenvalue weighted by Gasteiger charge is -2.10. The van der Waals surface area contributed by atoms with Crippen molar-refractivity contribution in [2.75, 3.05) is 31.9 Å². The molecule has 4 aromatic carbocycles. The van der Waals surface area contributed by atoms with Crippen LogP contribution in [0.3, 0.4) is 0 Å². The van der Waals surface area contributed by atoms with E-state index in [4.69, 9.17) is 0 Å². The SMILES string of the molecule is C=CC(=O)Nc1cccc(C(=O)Nc2ccc(NC(=O)c3cccc(-c4cc(/C=C/C(=O)Nc5cccc(C(=O)Nc6cccc(NC(=O)c7cccc(-c8ccn[nH]8)n7)c6)c5)n[nH]4)n3)cc2)c1. The molecule has 0 aliphatic heterocycles. The maximum Gasteiger partial charge on any atom is 0.274 e. The number of aromatic nitrogens is 6. The summed E-state index contributed by atoms with van der Waals surface area (Å²) < 4.78 is 0. The van der Waals surface area contributed by atoms with E-state index in [0.717, 1.165) is 6.08 Å². The van der Waals surface area contributed by atoms with Crippen LogP contribution in [0.25, 0.3) is 28.9 Å². The first-order valence-electron chi connectivity index (χ1n) is 20.6. The van der Waals surface area contributed by atoms with Gasteiger partial charge >= 0.3 is 0 Å². The highest BCUT2D eigenvalue weighted by Gasteiger charge is 2.15. The Bertz CT molecular complexity index is 3230. The minimum atomic E-state index is -0.478. The Morgan fingerprint density at radius 3 is 1.50 bits per heavy atom. The van der Waals surface area contributed by atoms with Crippen molar-refractivity contribution in [2.24, 2.45) is 0 Å². The van der Waals surface area contributed by atoms with Gasteiger partial charge in [-0.1, -0.05) is 36.9 Å². The van der Waals surface area contributed by atoms with Gasteiger partial charge in [0.15, 0.2) is 0 Å². The normalized spacial score (nSPS) is 10.7. The number of H-pyrrole nitrogens is 2. The zero-order valence-electron chi connectivity index (χ0n) is 35.6. The predicted octanol–water partition coefficient (Wildman–Crippen LogP) is 8.04. The number of carbonyl (C=O) groups is 6. The molecular formula is C50H38N12O6. The second kappa shape index (κ2) is 20.6. The molecule has 8 aromatic rings. The monoisotopic (exact) mass is 902 g/mol. The van der Waals surface area contributed by atoms with Crippen LogP contribution >= 0.6 is 0 Å². The molecule has 0 saturated carbocycles. The number of rotatable bonds is 15. The molecule has 0 radical (unpaired) electrons. The van der Waals surface area contributed by atoms with Crippen LogP contribution in [-0.2, 0) is 9.59 Å². The average molecular weight is 903 g/mol. The maximum atomic E-state index is 13.2. The standard InChI is InChI=1S/C50H38N12O6/c1-2-45(63)52-34-10-3-8-30(26-34)47(65)54-32-18-20-33(21-19-32)55-49(67)42-17-7-15-40(59-42)44-29-38(60-62-44)22-23-46(64)53-35-11-4-9-31(27-35)48(66)56-36-12-5-13-37(28-36)57-50(68)43-16-6-14-39(58-43)41-24-25-51-61-41/h2-29H,1H2,(H,51,61)(H,52,63)(H,53,64)(H,54,65)(H,55,67)(H,56,66)(H,57,68)(H,60,62)/b23-22+. The van der Waals surface area contributed by atoms with E-state index in [2.05, 4.69) is 68.8 Å². The van der Waals surface area contributed by atoms with Crippen molar-refractivity contribution < 1.29 is 28.8 Å². The van der Waals surface area contributed by atoms with Gasteiger partial charge in [-0.3, -0.25) is 39.0 Å². The van der Waals surface area contributed by atoms with Gasteiger partial charge in [0.05, 0.1) is 28.5 Å². The quantitative estimate of drug-likeness (QED) is 0.0459. The Hall–Kier alpha value is -10.1. The molecule has 6 amide bonds. The fourth-order valence-corrected chi connectivity index (χ4v) is 6.50. The minimum absolute atomic E-state index is 0.130. The highest BCUT2D eigenvalue weighted by Crippen LogP contribution is 2.22. The van der Waals surface area contributed by atoms with Gasteiger partial charge in [-0.15, -0.1) is 0 Å². The van der Waals surface area contributed by atoms with Gasteiger partial charge in [-0.2, -0.15) is 10.2 Å². The predicted molar refractivity (Wildman–Crippen MR) is 258 cm³/mol. The molecule has 68 heavy (non-hydrogen) atoms. The highest BCUT2D eigenvalue weighted by molar-refractivity contribution is 6.09. The van der Waals surface area contributed by atoms with E-state index in [9.17, 15) is 28.8 Å². The van der Waals surface area contributed by atoms with Gasteiger partial charge in [0, 0.05) is 57.5 Å². The third-order valence-corrected chi connectivity index (χ3v) is 9.77. The third kappa shape index (κ3) is 11.5. The van der Waals surface area contributed by atoms with Gasteiger partial charge in [-0.25, -0.2) is 9.97 Å². The van der Waals surface area contributed by atoms with E-state index in [-0.39, 0.29) is 17.0 Å². The first-order valence-corrected chi connectivity index (χ1v) is 20.6. The lowest BCUT2D eigenvalue weighted by Crippen LogP contribution is -2.15. The van der Waals surface area contributed by atoms with Crippen LogP contribution in [0.15, 0.2) is 171 Å². The molecular weight excluding hydrogens is 865 g/mol. The van der Waals surface area contributed by atoms with E-state index in [1.54, 1.807) is 146 Å². The fraction of sp³-hybridized carbons (Fsp3) is 0.